The predicted octanol–water partition coefficient (Wildman–Crippen LogP) is 2.99. The molecule has 5 rings (SSSR count). The monoisotopic (exact) mass is 363 g/mol. The molecule has 2 aromatic heterocycles. The van der Waals surface area contributed by atoms with Gasteiger partial charge in [0.15, 0.2) is 5.82 Å². The fraction of sp³-hybridized carbons (Fsp3) is 0.450. The van der Waals surface area contributed by atoms with Gasteiger partial charge in [-0.3, -0.25) is 9.78 Å². The van der Waals surface area contributed by atoms with Gasteiger partial charge in [-0.15, -0.1) is 0 Å². The molecule has 1 amide bonds. The number of benzene rings is 1. The van der Waals surface area contributed by atoms with Crippen LogP contribution in [0.3, 0.4) is 0 Å². The summed E-state index contributed by atoms with van der Waals surface area (Å²) in [4.78, 5) is 28.2. The van der Waals surface area contributed by atoms with Crippen molar-refractivity contribution >= 4 is 16.9 Å². The van der Waals surface area contributed by atoms with E-state index in [1.165, 1.54) is 0 Å². The standard InChI is InChI=1S/C20H21N5O2/c26-20(17-11-21-15-5-1-2-6-16(15)22-17)25-9-3-4-13(12-25)10-18-23-19(24-27-18)14-7-8-14/h1-2,5-6,11,13-14H,3-4,7-10,12H2/t13-/m0/s1. The molecule has 3 aromatic rings. The summed E-state index contributed by atoms with van der Waals surface area (Å²) in [6.45, 7) is 1.44. The number of carbonyl (C=O) groups excluding carboxylic acids is 1. The minimum absolute atomic E-state index is 0.0536. The number of para-hydroxylation sites is 2. The van der Waals surface area contributed by atoms with Crippen LogP contribution in [0.4, 0.5) is 0 Å². The lowest BCUT2D eigenvalue weighted by Crippen LogP contribution is -2.41. The van der Waals surface area contributed by atoms with Crippen LogP contribution in [0.5, 0.6) is 0 Å². The van der Waals surface area contributed by atoms with E-state index >= 15 is 0 Å². The molecule has 0 bridgehead atoms. The summed E-state index contributed by atoms with van der Waals surface area (Å²) in [5.74, 6) is 2.33. The summed E-state index contributed by atoms with van der Waals surface area (Å²) in [5.41, 5.74) is 1.95. The van der Waals surface area contributed by atoms with Crippen molar-refractivity contribution in [2.75, 3.05) is 13.1 Å². The lowest BCUT2D eigenvalue weighted by Gasteiger charge is -2.32. The molecule has 1 saturated carbocycles. The zero-order valence-corrected chi connectivity index (χ0v) is 15.0. The Labute approximate surface area is 156 Å². The number of fused-ring (bicyclic) bond motifs is 1. The first kappa shape index (κ1) is 16.4. The molecule has 1 atom stereocenters. The van der Waals surface area contributed by atoms with Crippen molar-refractivity contribution in [1.29, 1.82) is 0 Å². The fourth-order valence-corrected chi connectivity index (χ4v) is 3.74. The molecule has 3 heterocycles. The van der Waals surface area contributed by atoms with Crippen molar-refractivity contribution in [3.63, 3.8) is 0 Å². The molecule has 0 unspecified atom stereocenters. The van der Waals surface area contributed by atoms with E-state index in [1.807, 2.05) is 29.2 Å². The van der Waals surface area contributed by atoms with Crippen LogP contribution in [-0.4, -0.2) is 44.0 Å². The first-order valence-corrected chi connectivity index (χ1v) is 9.60. The summed E-state index contributed by atoms with van der Waals surface area (Å²) in [6, 6.07) is 7.60. The number of likely N-dealkylation sites (tertiary alicyclic amines) is 1. The largest absolute Gasteiger partial charge is 0.339 e. The summed E-state index contributed by atoms with van der Waals surface area (Å²) in [5, 5.41) is 4.09. The second kappa shape index (κ2) is 6.72. The average molecular weight is 363 g/mol. The Hall–Kier alpha value is -2.83. The number of hydrogen-bond donors (Lipinski definition) is 0. The highest BCUT2D eigenvalue weighted by Gasteiger charge is 2.30. The van der Waals surface area contributed by atoms with Crippen molar-refractivity contribution in [2.24, 2.45) is 5.92 Å². The van der Waals surface area contributed by atoms with Crippen LogP contribution < -0.4 is 0 Å². The van der Waals surface area contributed by atoms with E-state index in [0.29, 0.717) is 30.0 Å². The normalized spacial score (nSPS) is 20.1. The number of nitrogens with zero attached hydrogens (tertiary/aromatic N) is 5. The fourth-order valence-electron chi connectivity index (χ4n) is 3.74. The van der Waals surface area contributed by atoms with Crippen molar-refractivity contribution in [3.8, 4) is 0 Å². The minimum atomic E-state index is -0.0536. The molecule has 138 valence electrons. The smallest absolute Gasteiger partial charge is 0.274 e. The lowest BCUT2D eigenvalue weighted by atomic mass is 9.94. The van der Waals surface area contributed by atoms with Gasteiger partial charge in [-0.2, -0.15) is 4.98 Å². The Bertz CT molecular complexity index is 981. The Morgan fingerprint density at radius 1 is 1.15 bits per heavy atom. The molecule has 7 nitrogen and oxygen atoms in total. The number of aromatic nitrogens is 4. The quantitative estimate of drug-likeness (QED) is 0.708. The van der Waals surface area contributed by atoms with E-state index in [-0.39, 0.29) is 5.91 Å². The van der Waals surface area contributed by atoms with Gasteiger partial charge < -0.3 is 9.42 Å². The third-order valence-electron chi connectivity index (χ3n) is 5.36. The van der Waals surface area contributed by atoms with Crippen LogP contribution in [0.25, 0.3) is 11.0 Å². The summed E-state index contributed by atoms with van der Waals surface area (Å²) in [7, 11) is 0. The van der Waals surface area contributed by atoms with Crippen molar-refractivity contribution < 1.29 is 9.32 Å². The van der Waals surface area contributed by atoms with E-state index in [0.717, 1.165) is 55.5 Å². The first-order valence-electron chi connectivity index (χ1n) is 9.60. The Morgan fingerprint density at radius 2 is 2.00 bits per heavy atom. The number of piperidine rings is 1. The second-order valence-corrected chi connectivity index (χ2v) is 7.53. The average Bonchev–Trinajstić information content (AvgIpc) is 3.47. The van der Waals surface area contributed by atoms with E-state index in [2.05, 4.69) is 20.1 Å². The third kappa shape index (κ3) is 3.41. The second-order valence-electron chi connectivity index (χ2n) is 7.53. The van der Waals surface area contributed by atoms with Gasteiger partial charge in [0, 0.05) is 25.4 Å². The summed E-state index contributed by atoms with van der Waals surface area (Å²) in [6.07, 6.45) is 6.67. The Morgan fingerprint density at radius 3 is 2.85 bits per heavy atom. The van der Waals surface area contributed by atoms with Gasteiger partial charge in [-0.1, -0.05) is 17.3 Å². The first-order chi connectivity index (χ1) is 13.3. The van der Waals surface area contributed by atoms with Crippen LogP contribution in [0.15, 0.2) is 35.0 Å². The molecule has 2 fully saturated rings. The molecular formula is C20H21N5O2. The van der Waals surface area contributed by atoms with Gasteiger partial charge >= 0.3 is 0 Å². The molecule has 7 heteroatoms. The van der Waals surface area contributed by atoms with Crippen molar-refractivity contribution in [3.05, 3.63) is 47.9 Å². The number of rotatable bonds is 4. The van der Waals surface area contributed by atoms with Crippen molar-refractivity contribution in [1.82, 2.24) is 25.0 Å². The number of carbonyl (C=O) groups is 1. The molecule has 27 heavy (non-hydrogen) atoms. The SMILES string of the molecule is O=C(c1cnc2ccccc2n1)N1CCC[C@@H](Cc2nc(C3CC3)no2)C1. The summed E-state index contributed by atoms with van der Waals surface area (Å²) >= 11 is 0. The highest BCUT2D eigenvalue weighted by Crippen LogP contribution is 2.38. The van der Waals surface area contributed by atoms with Crippen LogP contribution in [0.1, 0.15) is 53.8 Å². The maximum absolute atomic E-state index is 12.9. The van der Waals surface area contributed by atoms with Gasteiger partial charge in [0.2, 0.25) is 5.89 Å². The number of amides is 1. The van der Waals surface area contributed by atoms with Gasteiger partial charge in [0.05, 0.1) is 17.2 Å². The molecule has 0 radical (unpaired) electrons. The Balaban J connectivity index is 1.28. The maximum Gasteiger partial charge on any atom is 0.274 e. The molecule has 1 aromatic carbocycles. The van der Waals surface area contributed by atoms with Gasteiger partial charge in [-0.05, 0) is 43.7 Å². The predicted molar refractivity (Wildman–Crippen MR) is 98.1 cm³/mol. The van der Waals surface area contributed by atoms with Crippen LogP contribution in [0.2, 0.25) is 0 Å². The maximum atomic E-state index is 12.9. The molecule has 0 N–H and O–H groups in total. The minimum Gasteiger partial charge on any atom is -0.339 e. The van der Waals surface area contributed by atoms with Crippen molar-refractivity contribution in [2.45, 2.75) is 38.0 Å². The number of hydrogen-bond acceptors (Lipinski definition) is 6. The molecule has 1 aliphatic heterocycles. The zero-order valence-electron chi connectivity index (χ0n) is 15.0. The van der Waals surface area contributed by atoms with E-state index < -0.39 is 0 Å². The van der Waals surface area contributed by atoms with Crippen LogP contribution in [-0.2, 0) is 6.42 Å². The Kier molecular flexibility index (Phi) is 4.07. The highest BCUT2D eigenvalue weighted by atomic mass is 16.5. The van der Waals surface area contributed by atoms with E-state index in [4.69, 9.17) is 4.52 Å². The van der Waals surface area contributed by atoms with E-state index in [1.54, 1.807) is 6.20 Å². The molecule has 0 spiro atoms. The molecular weight excluding hydrogens is 342 g/mol. The molecule has 1 saturated heterocycles. The van der Waals surface area contributed by atoms with Gasteiger partial charge in [-0.25, -0.2) is 4.98 Å². The summed E-state index contributed by atoms with van der Waals surface area (Å²) < 4.78 is 5.41. The molecule has 2 aliphatic rings. The van der Waals surface area contributed by atoms with Gasteiger partial charge in [0.1, 0.15) is 5.69 Å². The van der Waals surface area contributed by atoms with Gasteiger partial charge in [0.25, 0.3) is 5.91 Å². The zero-order chi connectivity index (χ0) is 18.2. The topological polar surface area (TPSA) is 85.0 Å². The van der Waals surface area contributed by atoms with E-state index in [9.17, 15) is 4.79 Å². The van der Waals surface area contributed by atoms with Crippen LogP contribution >= 0.6 is 0 Å². The highest BCUT2D eigenvalue weighted by molar-refractivity contribution is 5.93. The molecule has 1 aliphatic carbocycles. The lowest BCUT2D eigenvalue weighted by molar-refractivity contribution is 0.0662. The third-order valence-corrected chi connectivity index (χ3v) is 5.36. The van der Waals surface area contributed by atoms with Crippen LogP contribution in [0, 0.1) is 5.92 Å².